The van der Waals surface area contributed by atoms with Crippen LogP contribution in [0.3, 0.4) is 0 Å². The van der Waals surface area contributed by atoms with Crippen LogP contribution in [0, 0.1) is 22.2 Å². The van der Waals surface area contributed by atoms with Gasteiger partial charge < -0.3 is 4.74 Å². The van der Waals surface area contributed by atoms with Crippen molar-refractivity contribution in [2.45, 2.75) is 79.1 Å². The number of hydrogen-bond acceptors (Lipinski definition) is 2. The third-order valence-electron chi connectivity index (χ3n) is 7.57. The fraction of sp³-hybridized carbons (Fsp3) is 0.773. The van der Waals surface area contributed by atoms with Gasteiger partial charge in [0.2, 0.25) is 0 Å². The maximum atomic E-state index is 11.4. The Morgan fingerprint density at radius 2 is 2.00 bits per heavy atom. The smallest absolute Gasteiger partial charge is 0.302 e. The van der Waals surface area contributed by atoms with E-state index in [1.54, 1.807) is 11.1 Å². The quantitative estimate of drug-likeness (QED) is 0.481. The maximum absolute atomic E-state index is 11.4. The second-order valence-electron chi connectivity index (χ2n) is 9.41. The molecule has 2 unspecified atom stereocenters. The van der Waals surface area contributed by atoms with Crippen LogP contribution in [0.25, 0.3) is 0 Å². The average Bonchev–Trinajstić information content (AvgIpc) is 2.52. The molecule has 3 rings (SSSR count). The normalized spacial score (nSPS) is 42.1. The lowest BCUT2D eigenvalue weighted by Gasteiger charge is -2.57. The molecule has 2 nitrogen and oxygen atoms in total. The molecule has 0 aromatic rings. The number of esters is 1. The van der Waals surface area contributed by atoms with E-state index < -0.39 is 0 Å². The number of carbonyl (C=O) groups excluding carboxylic acids is 1. The molecule has 0 saturated heterocycles. The van der Waals surface area contributed by atoms with Gasteiger partial charge in [0.25, 0.3) is 0 Å². The van der Waals surface area contributed by atoms with E-state index in [9.17, 15) is 4.79 Å². The summed E-state index contributed by atoms with van der Waals surface area (Å²) in [4.78, 5) is 11.4. The second kappa shape index (κ2) is 6.04. The molecule has 0 aliphatic heterocycles. The molecular weight excluding hydrogens is 296 g/mol. The highest BCUT2D eigenvalue weighted by Gasteiger charge is 2.53. The van der Waals surface area contributed by atoms with Crippen LogP contribution in [-0.4, -0.2) is 12.6 Å². The van der Waals surface area contributed by atoms with E-state index in [4.69, 9.17) is 4.74 Å². The number of fused-ring (bicyclic) bond motifs is 2. The highest BCUT2D eigenvalue weighted by Crippen LogP contribution is 2.63. The molecule has 2 heteroatoms. The summed E-state index contributed by atoms with van der Waals surface area (Å²) >= 11 is 0. The first kappa shape index (κ1) is 17.8. The van der Waals surface area contributed by atoms with E-state index in [0.717, 1.165) is 0 Å². The fourth-order valence-corrected chi connectivity index (χ4v) is 6.14. The SMILES string of the molecule is C=C[C@]1(C)CCC2=C(CCC3C2(C)CCC[C@@]3(C)COC(C)=O)C1. The van der Waals surface area contributed by atoms with Crippen molar-refractivity contribution in [3.63, 3.8) is 0 Å². The van der Waals surface area contributed by atoms with Gasteiger partial charge >= 0.3 is 5.97 Å². The van der Waals surface area contributed by atoms with Crippen molar-refractivity contribution in [1.29, 1.82) is 0 Å². The summed E-state index contributed by atoms with van der Waals surface area (Å²) < 4.78 is 5.50. The number of hydrogen-bond donors (Lipinski definition) is 0. The van der Waals surface area contributed by atoms with Crippen LogP contribution in [-0.2, 0) is 9.53 Å². The van der Waals surface area contributed by atoms with Gasteiger partial charge in [-0.3, -0.25) is 4.79 Å². The molecule has 0 spiro atoms. The monoisotopic (exact) mass is 330 g/mol. The van der Waals surface area contributed by atoms with Crippen LogP contribution < -0.4 is 0 Å². The van der Waals surface area contributed by atoms with Gasteiger partial charge in [-0.1, -0.05) is 44.4 Å². The van der Waals surface area contributed by atoms with Gasteiger partial charge in [-0.05, 0) is 61.7 Å². The lowest BCUT2D eigenvalue weighted by atomic mass is 9.47. The summed E-state index contributed by atoms with van der Waals surface area (Å²) in [5.41, 5.74) is 4.21. The third kappa shape index (κ3) is 2.86. The molecule has 1 fully saturated rings. The Hall–Kier alpha value is -1.05. The minimum atomic E-state index is -0.140. The van der Waals surface area contributed by atoms with E-state index in [2.05, 4.69) is 33.4 Å². The minimum absolute atomic E-state index is 0.135. The maximum Gasteiger partial charge on any atom is 0.302 e. The Balaban J connectivity index is 1.90. The number of carbonyl (C=O) groups is 1. The molecule has 4 atom stereocenters. The standard InChI is InChI=1S/C22H34O2/c1-6-20(3)13-10-18-17(14-20)8-9-19-21(4,15-24-16(2)23)11-7-12-22(18,19)5/h6,19H,1,7-15H2,2-5H3/t19?,20-,21+,22?/m1/s1. The summed E-state index contributed by atoms with van der Waals surface area (Å²) in [6.07, 6.45) is 12.1. The van der Waals surface area contributed by atoms with Crippen molar-refractivity contribution in [3.8, 4) is 0 Å². The van der Waals surface area contributed by atoms with E-state index in [1.165, 1.54) is 58.3 Å². The van der Waals surface area contributed by atoms with E-state index >= 15 is 0 Å². The van der Waals surface area contributed by atoms with E-state index in [1.807, 2.05) is 0 Å². The average molecular weight is 331 g/mol. The van der Waals surface area contributed by atoms with Gasteiger partial charge in [0.1, 0.15) is 0 Å². The molecule has 24 heavy (non-hydrogen) atoms. The van der Waals surface area contributed by atoms with Crippen LogP contribution >= 0.6 is 0 Å². The molecule has 0 radical (unpaired) electrons. The predicted octanol–water partition coefficient (Wildman–Crippen LogP) is 5.83. The van der Waals surface area contributed by atoms with Crippen LogP contribution in [0.5, 0.6) is 0 Å². The summed E-state index contributed by atoms with van der Waals surface area (Å²) in [5.74, 6) is 0.503. The van der Waals surface area contributed by atoms with Gasteiger partial charge in [-0.15, -0.1) is 6.58 Å². The van der Waals surface area contributed by atoms with Gasteiger partial charge in [-0.25, -0.2) is 0 Å². The topological polar surface area (TPSA) is 26.3 Å². The number of allylic oxidation sites excluding steroid dienone is 3. The highest BCUT2D eigenvalue weighted by molar-refractivity contribution is 5.65. The largest absolute Gasteiger partial charge is 0.465 e. The molecule has 134 valence electrons. The summed E-state index contributed by atoms with van der Waals surface area (Å²) in [6, 6.07) is 0. The summed E-state index contributed by atoms with van der Waals surface area (Å²) in [5, 5.41) is 0. The Morgan fingerprint density at radius 1 is 1.25 bits per heavy atom. The molecule has 3 aliphatic carbocycles. The number of ether oxygens (including phenoxy) is 1. The van der Waals surface area contributed by atoms with Gasteiger partial charge in [-0.2, -0.15) is 0 Å². The van der Waals surface area contributed by atoms with E-state index in [-0.39, 0.29) is 16.8 Å². The molecule has 0 heterocycles. The zero-order chi connectivity index (χ0) is 17.6. The van der Waals surface area contributed by atoms with Crippen molar-refractivity contribution in [2.75, 3.05) is 6.61 Å². The molecular formula is C22H34O2. The lowest BCUT2D eigenvalue weighted by Crippen LogP contribution is -2.50. The minimum Gasteiger partial charge on any atom is -0.465 e. The predicted molar refractivity (Wildman–Crippen MR) is 98.6 cm³/mol. The van der Waals surface area contributed by atoms with Crippen molar-refractivity contribution < 1.29 is 9.53 Å². The molecule has 1 saturated carbocycles. The van der Waals surface area contributed by atoms with Gasteiger partial charge in [0.05, 0.1) is 6.61 Å². The van der Waals surface area contributed by atoms with Crippen molar-refractivity contribution >= 4 is 5.97 Å². The van der Waals surface area contributed by atoms with E-state index in [0.29, 0.717) is 17.9 Å². The van der Waals surface area contributed by atoms with Crippen LogP contribution in [0.4, 0.5) is 0 Å². The van der Waals surface area contributed by atoms with Crippen molar-refractivity contribution in [3.05, 3.63) is 23.8 Å². The number of rotatable bonds is 3. The Kier molecular flexibility index (Phi) is 4.47. The van der Waals surface area contributed by atoms with Gasteiger partial charge in [0, 0.05) is 12.3 Å². The highest BCUT2D eigenvalue weighted by atomic mass is 16.5. The first-order chi connectivity index (χ1) is 11.2. The van der Waals surface area contributed by atoms with Gasteiger partial charge in [0.15, 0.2) is 0 Å². The Bertz CT molecular complexity index is 575. The molecule has 3 aliphatic rings. The lowest BCUT2D eigenvalue weighted by molar-refractivity contribution is -0.149. The summed E-state index contributed by atoms with van der Waals surface area (Å²) in [7, 11) is 0. The molecule has 0 aromatic carbocycles. The second-order valence-corrected chi connectivity index (χ2v) is 9.41. The van der Waals surface area contributed by atoms with Crippen molar-refractivity contribution in [2.24, 2.45) is 22.2 Å². The van der Waals surface area contributed by atoms with Crippen LogP contribution in [0.15, 0.2) is 23.8 Å². The summed E-state index contributed by atoms with van der Waals surface area (Å²) in [6.45, 7) is 13.4. The molecule has 0 amide bonds. The first-order valence-electron chi connectivity index (χ1n) is 9.71. The van der Waals surface area contributed by atoms with Crippen LogP contribution in [0.2, 0.25) is 0 Å². The molecule has 0 aromatic heterocycles. The fourth-order valence-electron chi connectivity index (χ4n) is 6.14. The zero-order valence-corrected chi connectivity index (χ0v) is 16.0. The zero-order valence-electron chi connectivity index (χ0n) is 16.0. The van der Waals surface area contributed by atoms with Crippen LogP contribution in [0.1, 0.15) is 79.1 Å². The molecule has 0 bridgehead atoms. The first-order valence-corrected chi connectivity index (χ1v) is 9.71. The Morgan fingerprint density at radius 3 is 2.67 bits per heavy atom. The molecule has 0 N–H and O–H groups in total. The Labute approximate surface area is 147 Å². The van der Waals surface area contributed by atoms with Crippen molar-refractivity contribution in [1.82, 2.24) is 0 Å². The third-order valence-corrected chi connectivity index (χ3v) is 7.57.